The van der Waals surface area contributed by atoms with Crippen LogP contribution in [0.4, 0.5) is 4.39 Å². The topological polar surface area (TPSA) is 79.7 Å². The van der Waals surface area contributed by atoms with Crippen LogP contribution in [0.1, 0.15) is 22.7 Å². The Morgan fingerprint density at radius 3 is 2.42 bits per heavy atom. The van der Waals surface area contributed by atoms with Crippen LogP contribution in [-0.2, 0) is 16.1 Å². The maximum Gasteiger partial charge on any atom is 0.295 e. The lowest BCUT2D eigenvalue weighted by atomic mass is 9.96. The third-order valence-corrected chi connectivity index (χ3v) is 5.17. The first-order valence-electron chi connectivity index (χ1n) is 9.57. The summed E-state index contributed by atoms with van der Waals surface area (Å²) in [5, 5.41) is 10.9. The molecule has 1 aliphatic heterocycles. The lowest BCUT2D eigenvalue weighted by Crippen LogP contribution is -2.29. The van der Waals surface area contributed by atoms with Crippen molar-refractivity contribution in [1.82, 2.24) is 9.88 Å². The Morgan fingerprint density at radius 2 is 1.81 bits per heavy atom. The fourth-order valence-electron chi connectivity index (χ4n) is 3.62. The standard InChI is InChI=1S/C24H19FN2O4/c1-31-19-10-4-15(5-11-19)14-27-21(17-3-2-12-26-13-17)20(23(29)24(27)30)22(28)16-6-8-18(25)9-7-16/h2-13,21,28H,14H2,1H3/b22-20-. The first-order valence-corrected chi connectivity index (χ1v) is 9.57. The highest BCUT2D eigenvalue weighted by Gasteiger charge is 2.46. The summed E-state index contributed by atoms with van der Waals surface area (Å²) in [4.78, 5) is 31.4. The van der Waals surface area contributed by atoms with Gasteiger partial charge in [-0.2, -0.15) is 0 Å². The molecule has 1 amide bonds. The fraction of sp³-hybridized carbons (Fsp3) is 0.125. The first-order chi connectivity index (χ1) is 15.0. The van der Waals surface area contributed by atoms with Gasteiger partial charge in [0.25, 0.3) is 11.7 Å². The van der Waals surface area contributed by atoms with E-state index in [1.807, 2.05) is 0 Å². The Morgan fingerprint density at radius 1 is 1.10 bits per heavy atom. The van der Waals surface area contributed by atoms with Crippen LogP contribution in [0.2, 0.25) is 0 Å². The minimum absolute atomic E-state index is 0.0573. The van der Waals surface area contributed by atoms with E-state index in [0.29, 0.717) is 11.3 Å². The molecule has 1 fully saturated rings. The van der Waals surface area contributed by atoms with Crippen molar-refractivity contribution in [2.75, 3.05) is 7.11 Å². The average Bonchev–Trinajstić information content (AvgIpc) is 3.05. The number of ether oxygens (including phenoxy) is 1. The molecule has 156 valence electrons. The SMILES string of the molecule is COc1ccc(CN2C(=O)C(=O)/C(=C(\O)c3ccc(F)cc3)C2c2cccnc2)cc1. The number of carbonyl (C=O) groups excluding carboxylic acids is 2. The Kier molecular flexibility index (Phi) is 5.49. The van der Waals surface area contributed by atoms with Crippen LogP contribution in [0, 0.1) is 5.82 Å². The van der Waals surface area contributed by atoms with Crippen LogP contribution in [0.5, 0.6) is 5.75 Å². The van der Waals surface area contributed by atoms with E-state index >= 15 is 0 Å². The van der Waals surface area contributed by atoms with Gasteiger partial charge in [-0.15, -0.1) is 0 Å². The molecular formula is C24H19FN2O4. The Balaban J connectivity index is 1.80. The molecule has 7 heteroatoms. The largest absolute Gasteiger partial charge is 0.507 e. The van der Waals surface area contributed by atoms with Gasteiger partial charge in [-0.25, -0.2) is 4.39 Å². The summed E-state index contributed by atoms with van der Waals surface area (Å²) in [5.74, 6) is -1.69. The summed E-state index contributed by atoms with van der Waals surface area (Å²) in [6.45, 7) is 0.147. The zero-order valence-corrected chi connectivity index (χ0v) is 16.7. The smallest absolute Gasteiger partial charge is 0.295 e. The molecule has 1 atom stereocenters. The van der Waals surface area contributed by atoms with Crippen molar-refractivity contribution in [2.24, 2.45) is 0 Å². The highest BCUT2D eigenvalue weighted by atomic mass is 19.1. The summed E-state index contributed by atoms with van der Waals surface area (Å²) in [6, 6.07) is 14.8. The van der Waals surface area contributed by atoms with Gasteiger partial charge in [0.05, 0.1) is 18.7 Å². The van der Waals surface area contributed by atoms with Gasteiger partial charge in [0, 0.05) is 24.5 Å². The number of nitrogens with zero attached hydrogens (tertiary/aromatic N) is 2. The molecular weight excluding hydrogens is 399 g/mol. The molecule has 2 heterocycles. The zero-order chi connectivity index (χ0) is 22.0. The molecule has 3 aromatic rings. The highest BCUT2D eigenvalue weighted by Crippen LogP contribution is 2.40. The van der Waals surface area contributed by atoms with Crippen molar-refractivity contribution in [3.05, 3.63) is 101 Å². The second kappa shape index (κ2) is 8.39. The number of halogens is 1. The summed E-state index contributed by atoms with van der Waals surface area (Å²) < 4.78 is 18.5. The molecule has 31 heavy (non-hydrogen) atoms. The average molecular weight is 418 g/mol. The summed E-state index contributed by atoms with van der Waals surface area (Å²) in [5.41, 5.74) is 1.56. The number of aliphatic hydroxyl groups excluding tert-OH is 1. The number of likely N-dealkylation sites (tertiary alicyclic amines) is 1. The van der Waals surface area contributed by atoms with Crippen LogP contribution < -0.4 is 4.74 Å². The van der Waals surface area contributed by atoms with Crippen LogP contribution in [-0.4, -0.2) is 33.8 Å². The van der Waals surface area contributed by atoms with Gasteiger partial charge in [0.15, 0.2) is 0 Å². The molecule has 1 unspecified atom stereocenters. The van der Waals surface area contributed by atoms with E-state index in [2.05, 4.69) is 4.98 Å². The maximum absolute atomic E-state index is 13.3. The second-order valence-corrected chi connectivity index (χ2v) is 7.07. The third kappa shape index (κ3) is 3.90. The lowest BCUT2D eigenvalue weighted by Gasteiger charge is -2.25. The summed E-state index contributed by atoms with van der Waals surface area (Å²) in [7, 11) is 1.56. The number of aliphatic hydroxyl groups is 1. The number of carbonyl (C=O) groups is 2. The van der Waals surface area contributed by atoms with Gasteiger partial charge < -0.3 is 14.7 Å². The number of benzene rings is 2. The van der Waals surface area contributed by atoms with E-state index in [-0.39, 0.29) is 23.4 Å². The van der Waals surface area contributed by atoms with Gasteiger partial charge in [0.2, 0.25) is 0 Å². The Labute approximate surface area is 178 Å². The number of ketones is 1. The van der Waals surface area contributed by atoms with E-state index < -0.39 is 23.5 Å². The molecule has 2 aromatic carbocycles. The van der Waals surface area contributed by atoms with E-state index in [9.17, 15) is 19.1 Å². The number of methoxy groups -OCH3 is 1. The number of amides is 1. The van der Waals surface area contributed by atoms with Gasteiger partial charge in [-0.3, -0.25) is 14.6 Å². The van der Waals surface area contributed by atoms with Crippen molar-refractivity contribution >= 4 is 17.4 Å². The van der Waals surface area contributed by atoms with Crippen LogP contribution in [0.25, 0.3) is 5.76 Å². The number of pyridine rings is 1. The predicted molar refractivity (Wildman–Crippen MR) is 111 cm³/mol. The van der Waals surface area contributed by atoms with E-state index in [0.717, 1.165) is 5.56 Å². The van der Waals surface area contributed by atoms with Gasteiger partial charge in [-0.05, 0) is 53.6 Å². The monoisotopic (exact) mass is 418 g/mol. The predicted octanol–water partition coefficient (Wildman–Crippen LogP) is 3.85. The molecule has 0 radical (unpaired) electrons. The number of hydrogen-bond donors (Lipinski definition) is 1. The number of hydrogen-bond acceptors (Lipinski definition) is 5. The minimum Gasteiger partial charge on any atom is -0.507 e. The number of Topliss-reactive ketones (excluding diaryl/α,β-unsaturated/α-hetero) is 1. The second-order valence-electron chi connectivity index (χ2n) is 7.07. The normalized spacial score (nSPS) is 17.7. The molecule has 1 saturated heterocycles. The Hall–Kier alpha value is -4.00. The minimum atomic E-state index is -0.833. The van der Waals surface area contributed by atoms with Crippen molar-refractivity contribution in [3.8, 4) is 5.75 Å². The zero-order valence-electron chi connectivity index (χ0n) is 16.7. The van der Waals surface area contributed by atoms with E-state index in [1.54, 1.807) is 55.9 Å². The molecule has 1 aliphatic rings. The molecule has 4 rings (SSSR count). The Bertz CT molecular complexity index is 1140. The maximum atomic E-state index is 13.3. The van der Waals surface area contributed by atoms with Crippen molar-refractivity contribution in [2.45, 2.75) is 12.6 Å². The quantitative estimate of drug-likeness (QED) is 0.387. The van der Waals surface area contributed by atoms with Gasteiger partial charge >= 0.3 is 0 Å². The molecule has 0 aliphatic carbocycles. The van der Waals surface area contributed by atoms with E-state index in [1.165, 1.54) is 29.2 Å². The number of rotatable bonds is 5. The molecule has 0 saturated carbocycles. The van der Waals surface area contributed by atoms with Crippen LogP contribution >= 0.6 is 0 Å². The molecule has 0 spiro atoms. The molecule has 1 aromatic heterocycles. The number of aromatic nitrogens is 1. The summed E-state index contributed by atoms with van der Waals surface area (Å²) in [6.07, 6.45) is 3.13. The third-order valence-electron chi connectivity index (χ3n) is 5.17. The first kappa shape index (κ1) is 20.3. The highest BCUT2D eigenvalue weighted by molar-refractivity contribution is 6.46. The van der Waals surface area contributed by atoms with E-state index in [4.69, 9.17) is 4.74 Å². The molecule has 6 nitrogen and oxygen atoms in total. The van der Waals surface area contributed by atoms with Crippen molar-refractivity contribution < 1.29 is 23.8 Å². The molecule has 0 bridgehead atoms. The molecule has 1 N–H and O–H groups in total. The fourth-order valence-corrected chi connectivity index (χ4v) is 3.62. The van der Waals surface area contributed by atoms with Crippen molar-refractivity contribution in [3.63, 3.8) is 0 Å². The summed E-state index contributed by atoms with van der Waals surface area (Å²) >= 11 is 0. The lowest BCUT2D eigenvalue weighted by molar-refractivity contribution is -0.140. The van der Waals surface area contributed by atoms with Gasteiger partial charge in [-0.1, -0.05) is 18.2 Å². The van der Waals surface area contributed by atoms with Crippen LogP contribution in [0.15, 0.2) is 78.6 Å². The van der Waals surface area contributed by atoms with Crippen molar-refractivity contribution in [1.29, 1.82) is 0 Å². The van der Waals surface area contributed by atoms with Gasteiger partial charge in [0.1, 0.15) is 17.3 Å². The van der Waals surface area contributed by atoms with Crippen LogP contribution in [0.3, 0.4) is 0 Å².